The molecule has 7 amide bonds. The number of carbonyl (C=O) groups is 11. The van der Waals surface area contributed by atoms with Crippen LogP contribution < -0.4 is 37.2 Å². The molecule has 2 saturated carbocycles. The summed E-state index contributed by atoms with van der Waals surface area (Å²) in [6, 6.07) is -7.57. The maximum atomic E-state index is 14.5. The average Bonchev–Trinajstić information content (AvgIpc) is 3.25. The van der Waals surface area contributed by atoms with Gasteiger partial charge in [0.05, 0.1) is 6.04 Å². The van der Waals surface area contributed by atoms with Crippen molar-refractivity contribution in [3.05, 3.63) is 0 Å². The van der Waals surface area contributed by atoms with Crippen molar-refractivity contribution >= 4 is 65.0 Å². The van der Waals surface area contributed by atoms with Crippen LogP contribution in [0.15, 0.2) is 0 Å². The van der Waals surface area contributed by atoms with Gasteiger partial charge in [-0.05, 0) is 62.7 Å². The van der Waals surface area contributed by atoms with Gasteiger partial charge in [0.2, 0.25) is 41.2 Å². The molecule has 6 atom stereocenters. The number of hydrogen-bond donors (Lipinski definition) is 10. The Hall–Kier alpha value is -5.63. The number of hydrogen-bond acceptors (Lipinski definition) is 11. The zero-order valence-corrected chi connectivity index (χ0v) is 38.2. The first kappa shape index (κ1) is 55.5. The lowest BCUT2D eigenvalue weighted by Crippen LogP contribution is -2.62. The van der Waals surface area contributed by atoms with Gasteiger partial charge in [0.15, 0.2) is 0 Å². The molecule has 6 unspecified atom stereocenters. The number of carboxylic acid groups (broad SMARTS) is 3. The molecule has 0 aromatic carbocycles. The van der Waals surface area contributed by atoms with Crippen LogP contribution in [-0.4, -0.2) is 123 Å². The average molecular weight is 922 g/mol. The number of rotatable bonds is 29. The molecule has 0 heterocycles. The van der Waals surface area contributed by atoms with Crippen LogP contribution in [0.3, 0.4) is 0 Å². The minimum atomic E-state index is -1.36. The van der Waals surface area contributed by atoms with Gasteiger partial charge in [0.1, 0.15) is 36.8 Å². The summed E-state index contributed by atoms with van der Waals surface area (Å²) in [5, 5.41) is 45.2. The fourth-order valence-corrected chi connectivity index (χ4v) is 8.32. The van der Waals surface area contributed by atoms with Crippen LogP contribution in [0.25, 0.3) is 0 Å². The number of amides is 7. The molecule has 10 N–H and O–H groups in total. The summed E-state index contributed by atoms with van der Waals surface area (Å²) in [5.41, 5.74) is 0. The number of nitrogens with one attached hydrogen (secondary N) is 7. The molecule has 2 aliphatic rings. The number of carbonyl (C=O) groups excluding carboxylic acids is 8. The van der Waals surface area contributed by atoms with Gasteiger partial charge in [-0.3, -0.25) is 52.7 Å². The summed E-state index contributed by atoms with van der Waals surface area (Å²) in [6.07, 6.45) is 7.93. The summed E-state index contributed by atoms with van der Waals surface area (Å²) in [6.45, 7) is 5.38. The normalized spacial score (nSPS) is 17.1. The van der Waals surface area contributed by atoms with Crippen LogP contribution in [0.4, 0.5) is 0 Å². The third-order valence-corrected chi connectivity index (χ3v) is 11.8. The van der Waals surface area contributed by atoms with Crippen LogP contribution in [-0.2, 0) is 52.7 Å². The van der Waals surface area contributed by atoms with E-state index in [1.807, 2.05) is 5.32 Å². The summed E-state index contributed by atoms with van der Waals surface area (Å²) < 4.78 is 0. The molecule has 0 aliphatic heterocycles. The van der Waals surface area contributed by atoms with Crippen molar-refractivity contribution < 1.29 is 68.1 Å². The van der Waals surface area contributed by atoms with Crippen LogP contribution >= 0.6 is 0 Å². The third kappa shape index (κ3) is 20.8. The number of carboxylic acids is 3. The Morgan fingerprint density at radius 3 is 1.63 bits per heavy atom. The van der Waals surface area contributed by atoms with Crippen LogP contribution in [0, 0.1) is 17.8 Å². The lowest BCUT2D eigenvalue weighted by atomic mass is 9.82. The Labute approximate surface area is 379 Å². The van der Waals surface area contributed by atoms with Gasteiger partial charge in [-0.2, -0.15) is 0 Å². The molecule has 0 aromatic rings. The highest BCUT2D eigenvalue weighted by atomic mass is 16.4. The monoisotopic (exact) mass is 922 g/mol. The Kier molecular flexibility index (Phi) is 24.8. The van der Waals surface area contributed by atoms with Crippen molar-refractivity contribution in [3.8, 4) is 0 Å². The van der Waals surface area contributed by atoms with Gasteiger partial charge >= 0.3 is 17.9 Å². The van der Waals surface area contributed by atoms with Crippen LogP contribution in [0.5, 0.6) is 0 Å². The number of aliphatic carboxylic acids is 3. The molecule has 65 heavy (non-hydrogen) atoms. The van der Waals surface area contributed by atoms with Gasteiger partial charge < -0.3 is 52.5 Å². The van der Waals surface area contributed by atoms with Crippen LogP contribution in [0.2, 0.25) is 0 Å². The van der Waals surface area contributed by atoms with Gasteiger partial charge in [-0.1, -0.05) is 85.0 Å². The first-order valence-electron chi connectivity index (χ1n) is 23.0. The Morgan fingerprint density at radius 1 is 0.538 bits per heavy atom. The summed E-state index contributed by atoms with van der Waals surface area (Å²) in [4.78, 5) is 141. The molecule has 2 fully saturated rings. The van der Waals surface area contributed by atoms with E-state index in [1.54, 1.807) is 20.8 Å². The first-order valence-corrected chi connectivity index (χ1v) is 23.0. The van der Waals surface area contributed by atoms with E-state index < -0.39 is 120 Å². The van der Waals surface area contributed by atoms with E-state index in [1.165, 1.54) is 0 Å². The van der Waals surface area contributed by atoms with E-state index in [-0.39, 0.29) is 56.8 Å². The fourth-order valence-electron chi connectivity index (χ4n) is 8.32. The fraction of sp³-hybridized carbons (Fsp3) is 0.750. The molecular formula is C44H71N7O14. The molecule has 0 spiro atoms. The molecule has 21 nitrogen and oxygen atoms in total. The zero-order valence-electron chi connectivity index (χ0n) is 38.2. The predicted octanol–water partition coefficient (Wildman–Crippen LogP) is 1.20. The molecule has 21 heteroatoms. The zero-order chi connectivity index (χ0) is 48.6. The number of ketones is 1. The molecule has 2 aliphatic carbocycles. The summed E-state index contributed by atoms with van der Waals surface area (Å²) >= 11 is 0. The van der Waals surface area contributed by atoms with Crippen molar-refractivity contribution in [1.82, 2.24) is 37.2 Å². The Balaban J connectivity index is 2.42. The minimum Gasteiger partial charge on any atom is -0.481 e. The second-order valence-corrected chi connectivity index (χ2v) is 17.6. The van der Waals surface area contributed by atoms with E-state index >= 15 is 0 Å². The summed E-state index contributed by atoms with van der Waals surface area (Å²) in [5.74, 6) is -11.2. The SMILES string of the molecule is CCCC(NC(=O)C(CC1CCCCC1)NC(=O)C(NC(=O)C(NC(=O)C(CCCCC(=O)O)NC(=O)C(CCC(=O)O)NC(C)=O)C(C)C)C1CCCCC1)C(=O)C(=O)NCC(=O)O. The van der Waals surface area contributed by atoms with Crippen molar-refractivity contribution in [2.75, 3.05) is 6.54 Å². The topological polar surface area (TPSA) is 333 Å². The van der Waals surface area contributed by atoms with E-state index in [9.17, 15) is 57.8 Å². The van der Waals surface area contributed by atoms with Crippen molar-refractivity contribution in [2.45, 2.75) is 186 Å². The third-order valence-electron chi connectivity index (χ3n) is 11.8. The standard InChI is InChI=1S/C44H71N7O14/c1-5-14-29(38(59)44(65)45-24-35(57)58)47-41(62)32(23-27-15-8-6-9-16-27)49-43(64)37(28-17-10-7-11-18-28)51-42(63)36(25(2)3)50-40(61)30(19-12-13-20-33(53)54)48-39(60)31(46-26(4)52)21-22-34(55)56/h25,27-32,36-37H,5-24H2,1-4H3,(H,45,65)(H,46,52)(H,47,62)(H,48,60)(H,49,64)(H,50,61)(H,51,63)(H,53,54)(H,55,56)(H,57,58). The minimum absolute atomic E-state index is 0.0468. The van der Waals surface area contributed by atoms with Crippen molar-refractivity contribution in [3.63, 3.8) is 0 Å². The van der Waals surface area contributed by atoms with E-state index in [0.29, 0.717) is 19.3 Å². The largest absolute Gasteiger partial charge is 0.481 e. The Morgan fingerprint density at radius 2 is 1.08 bits per heavy atom. The molecule has 0 aromatic heterocycles. The maximum Gasteiger partial charge on any atom is 0.322 e. The second kappa shape index (κ2) is 29.0. The van der Waals surface area contributed by atoms with E-state index in [4.69, 9.17) is 10.2 Å². The highest BCUT2D eigenvalue weighted by molar-refractivity contribution is 6.38. The highest BCUT2D eigenvalue weighted by Crippen LogP contribution is 2.29. The van der Waals surface area contributed by atoms with Crippen molar-refractivity contribution in [1.29, 1.82) is 0 Å². The Bertz CT molecular complexity index is 1680. The smallest absolute Gasteiger partial charge is 0.322 e. The highest BCUT2D eigenvalue weighted by Gasteiger charge is 2.38. The number of Topliss-reactive ketones (excluding diaryl/α,β-unsaturated/α-hetero) is 1. The lowest BCUT2D eigenvalue weighted by Gasteiger charge is -2.34. The van der Waals surface area contributed by atoms with Gasteiger partial charge in [0.25, 0.3) is 5.91 Å². The molecule has 0 radical (unpaired) electrons. The molecule has 366 valence electrons. The first-order chi connectivity index (χ1) is 30.7. The molecule has 0 saturated heterocycles. The molecule has 0 bridgehead atoms. The van der Waals surface area contributed by atoms with Gasteiger partial charge in [-0.25, -0.2) is 0 Å². The number of unbranched alkanes of at least 4 members (excludes halogenated alkanes) is 1. The second-order valence-electron chi connectivity index (χ2n) is 17.6. The van der Waals surface area contributed by atoms with Gasteiger partial charge in [-0.15, -0.1) is 0 Å². The molecule has 2 rings (SSSR count). The van der Waals surface area contributed by atoms with E-state index in [0.717, 1.165) is 58.3 Å². The quantitative estimate of drug-likeness (QED) is 0.0373. The van der Waals surface area contributed by atoms with Crippen molar-refractivity contribution in [2.24, 2.45) is 17.8 Å². The maximum absolute atomic E-state index is 14.5. The predicted molar refractivity (Wildman–Crippen MR) is 233 cm³/mol. The van der Waals surface area contributed by atoms with E-state index in [2.05, 4.69) is 31.9 Å². The summed E-state index contributed by atoms with van der Waals surface area (Å²) in [7, 11) is 0. The van der Waals surface area contributed by atoms with Crippen LogP contribution in [0.1, 0.15) is 150 Å². The van der Waals surface area contributed by atoms with Gasteiger partial charge in [0, 0.05) is 19.8 Å². The molecular weight excluding hydrogens is 851 g/mol. The lowest BCUT2D eigenvalue weighted by molar-refractivity contribution is -0.143.